The van der Waals surface area contributed by atoms with Crippen LogP contribution in [0, 0.1) is 11.7 Å². The van der Waals surface area contributed by atoms with Gasteiger partial charge in [0.1, 0.15) is 5.82 Å². The zero-order valence-electron chi connectivity index (χ0n) is 24.7. The molecule has 0 saturated carbocycles. The van der Waals surface area contributed by atoms with Crippen LogP contribution in [0.1, 0.15) is 77.2 Å². The summed E-state index contributed by atoms with van der Waals surface area (Å²) in [7, 11) is 2.14. The van der Waals surface area contributed by atoms with Gasteiger partial charge in [-0.1, -0.05) is 12.1 Å². The molecule has 2 aromatic rings. The molecule has 8 nitrogen and oxygen atoms in total. The van der Waals surface area contributed by atoms with Crippen molar-refractivity contribution in [2.45, 2.75) is 84.2 Å². The molecule has 0 bridgehead atoms. The second kappa shape index (κ2) is 11.5. The molecule has 2 aliphatic rings. The molecule has 9 heteroatoms. The molecule has 2 saturated heterocycles. The van der Waals surface area contributed by atoms with Crippen molar-refractivity contribution in [1.82, 2.24) is 25.1 Å². The number of amides is 1. The molecule has 2 aliphatic heterocycles. The van der Waals surface area contributed by atoms with E-state index < -0.39 is 5.92 Å². The molecule has 1 aromatic heterocycles. The normalized spacial score (nSPS) is 23.9. The van der Waals surface area contributed by atoms with Crippen molar-refractivity contribution in [3.8, 4) is 0 Å². The van der Waals surface area contributed by atoms with Gasteiger partial charge in [-0.05, 0) is 73.2 Å². The summed E-state index contributed by atoms with van der Waals surface area (Å²) in [5.74, 6) is -0.303. The maximum Gasteiger partial charge on any atom is 0.229 e. The van der Waals surface area contributed by atoms with Gasteiger partial charge in [0.05, 0.1) is 29.4 Å². The number of hydrogen-bond acceptors (Lipinski definition) is 7. The van der Waals surface area contributed by atoms with Crippen LogP contribution in [0.5, 0.6) is 0 Å². The minimum absolute atomic E-state index is 0.0376. The van der Waals surface area contributed by atoms with Gasteiger partial charge in [0, 0.05) is 55.9 Å². The first-order valence-electron chi connectivity index (χ1n) is 14.0. The average molecular weight is 541 g/mol. The SMILES string of the molecule is C[C@H](Nc1nccc([C@@H]2C(=O)NCC2[C@H](C)OC(C)(C)C)n1)c1ccc(CN2CCN(C)C(C)(C)C2)c(F)c1. The van der Waals surface area contributed by atoms with Gasteiger partial charge in [-0.3, -0.25) is 14.6 Å². The van der Waals surface area contributed by atoms with Crippen LogP contribution >= 0.6 is 0 Å². The Labute approximate surface area is 232 Å². The Morgan fingerprint density at radius 2 is 1.97 bits per heavy atom. The Morgan fingerprint density at radius 3 is 2.64 bits per heavy atom. The first-order chi connectivity index (χ1) is 18.2. The fourth-order valence-electron chi connectivity index (χ4n) is 5.65. The third-order valence-corrected chi connectivity index (χ3v) is 8.07. The van der Waals surface area contributed by atoms with E-state index in [0.717, 1.165) is 25.2 Å². The van der Waals surface area contributed by atoms with Crippen molar-refractivity contribution in [2.75, 3.05) is 38.5 Å². The van der Waals surface area contributed by atoms with Crippen molar-refractivity contribution in [3.05, 3.63) is 53.1 Å². The molecule has 0 aliphatic carbocycles. The zero-order valence-corrected chi connectivity index (χ0v) is 24.7. The minimum atomic E-state index is -0.419. The summed E-state index contributed by atoms with van der Waals surface area (Å²) in [6.07, 6.45) is 1.54. The number of piperazine rings is 1. The number of carbonyl (C=O) groups is 1. The molecule has 4 rings (SSSR count). The number of carbonyl (C=O) groups excluding carboxylic acids is 1. The van der Waals surface area contributed by atoms with Gasteiger partial charge in [0.2, 0.25) is 11.9 Å². The Hall–Kier alpha value is -2.62. The van der Waals surface area contributed by atoms with Crippen LogP contribution in [0.3, 0.4) is 0 Å². The van der Waals surface area contributed by atoms with E-state index in [1.165, 1.54) is 0 Å². The van der Waals surface area contributed by atoms with Crippen molar-refractivity contribution in [1.29, 1.82) is 0 Å². The predicted octanol–water partition coefficient (Wildman–Crippen LogP) is 4.35. The van der Waals surface area contributed by atoms with Gasteiger partial charge >= 0.3 is 0 Å². The van der Waals surface area contributed by atoms with E-state index in [9.17, 15) is 4.79 Å². The minimum Gasteiger partial charge on any atom is -0.373 e. The second-order valence-electron chi connectivity index (χ2n) is 12.8. The Morgan fingerprint density at radius 1 is 1.23 bits per heavy atom. The van der Waals surface area contributed by atoms with Crippen molar-refractivity contribution < 1.29 is 13.9 Å². The number of nitrogens with zero attached hydrogens (tertiary/aromatic N) is 4. The number of benzene rings is 1. The lowest BCUT2D eigenvalue weighted by molar-refractivity contribution is -0.122. The lowest BCUT2D eigenvalue weighted by atomic mass is 9.88. The summed E-state index contributed by atoms with van der Waals surface area (Å²) in [4.78, 5) is 26.5. The maximum atomic E-state index is 15.2. The van der Waals surface area contributed by atoms with E-state index in [1.807, 2.05) is 46.8 Å². The molecular formula is C30H45FN6O2. The average Bonchev–Trinajstić information content (AvgIpc) is 3.23. The lowest BCUT2D eigenvalue weighted by Gasteiger charge is -2.45. The maximum absolute atomic E-state index is 15.2. The number of halogens is 1. The van der Waals surface area contributed by atoms with Gasteiger partial charge in [0.15, 0.2) is 0 Å². The zero-order chi connectivity index (χ0) is 28.5. The van der Waals surface area contributed by atoms with Crippen molar-refractivity contribution in [2.24, 2.45) is 5.92 Å². The van der Waals surface area contributed by atoms with Gasteiger partial charge in [-0.2, -0.15) is 0 Å². The molecule has 0 radical (unpaired) electrons. The summed E-state index contributed by atoms with van der Waals surface area (Å²) in [5.41, 5.74) is 1.93. The number of rotatable bonds is 8. The molecule has 4 atom stereocenters. The molecule has 214 valence electrons. The topological polar surface area (TPSA) is 82.6 Å². The fraction of sp³-hybridized carbons (Fsp3) is 0.633. The number of likely N-dealkylation sites (N-methyl/N-ethyl adjacent to an activating group) is 1. The highest BCUT2D eigenvalue weighted by atomic mass is 19.1. The summed E-state index contributed by atoms with van der Waals surface area (Å²) in [6, 6.07) is 7.02. The largest absolute Gasteiger partial charge is 0.373 e. The monoisotopic (exact) mass is 540 g/mol. The molecule has 0 spiro atoms. The van der Waals surface area contributed by atoms with E-state index in [0.29, 0.717) is 30.3 Å². The Bertz CT molecular complexity index is 1170. The highest BCUT2D eigenvalue weighted by molar-refractivity contribution is 5.85. The molecule has 2 fully saturated rings. The smallest absolute Gasteiger partial charge is 0.229 e. The second-order valence-corrected chi connectivity index (χ2v) is 12.8. The van der Waals surface area contributed by atoms with Crippen LogP contribution in [0.2, 0.25) is 0 Å². The van der Waals surface area contributed by atoms with E-state index in [2.05, 4.69) is 46.3 Å². The first-order valence-corrected chi connectivity index (χ1v) is 14.0. The number of hydrogen-bond donors (Lipinski definition) is 2. The molecular weight excluding hydrogens is 495 g/mol. The number of anilines is 1. The van der Waals surface area contributed by atoms with E-state index in [4.69, 9.17) is 9.72 Å². The third kappa shape index (κ3) is 7.13. The fourth-order valence-corrected chi connectivity index (χ4v) is 5.65. The molecule has 39 heavy (non-hydrogen) atoms. The number of ether oxygens (including phenoxy) is 1. The summed E-state index contributed by atoms with van der Waals surface area (Å²) in [6.45, 7) is 18.4. The lowest BCUT2D eigenvalue weighted by Crippen LogP contribution is -2.57. The Kier molecular flexibility index (Phi) is 8.64. The van der Waals surface area contributed by atoms with Crippen LogP contribution in [0.25, 0.3) is 0 Å². The molecule has 2 N–H and O–H groups in total. The molecule has 1 aromatic carbocycles. The van der Waals surface area contributed by atoms with E-state index in [1.54, 1.807) is 18.3 Å². The van der Waals surface area contributed by atoms with Crippen molar-refractivity contribution in [3.63, 3.8) is 0 Å². The van der Waals surface area contributed by atoms with Gasteiger partial charge in [0.25, 0.3) is 0 Å². The summed E-state index contributed by atoms with van der Waals surface area (Å²) >= 11 is 0. The van der Waals surface area contributed by atoms with Crippen molar-refractivity contribution >= 4 is 11.9 Å². The predicted molar refractivity (Wildman–Crippen MR) is 152 cm³/mol. The van der Waals surface area contributed by atoms with Crippen LogP contribution in [0.4, 0.5) is 10.3 Å². The highest BCUT2D eigenvalue weighted by Gasteiger charge is 2.41. The van der Waals surface area contributed by atoms with E-state index >= 15 is 4.39 Å². The van der Waals surface area contributed by atoms with Crippen LogP contribution in [-0.4, -0.2) is 76.1 Å². The first kappa shape index (κ1) is 29.4. The number of aromatic nitrogens is 2. The van der Waals surface area contributed by atoms with Gasteiger partial charge < -0.3 is 15.4 Å². The molecule has 1 amide bonds. The quantitative estimate of drug-likeness (QED) is 0.515. The standard InChI is InChI=1S/C30H45FN6O2/c1-19(21-9-10-22(24(31)15-21)17-37-14-13-36(8)30(6,7)18-37)34-28-32-12-11-25(35-28)26-23(16-33-27(26)38)20(2)39-29(3,4)5/h9-12,15,19-20,23,26H,13-14,16-18H2,1-8H3,(H,33,38)(H,32,34,35)/t19-,20-,23?,26+/m0/s1. The van der Waals surface area contributed by atoms with Crippen LogP contribution < -0.4 is 10.6 Å². The molecule has 1 unspecified atom stereocenters. The number of nitrogens with one attached hydrogen (secondary N) is 2. The third-order valence-electron chi connectivity index (χ3n) is 8.07. The molecule has 3 heterocycles. The Balaban J connectivity index is 1.43. The summed E-state index contributed by atoms with van der Waals surface area (Å²) < 4.78 is 21.3. The van der Waals surface area contributed by atoms with Gasteiger partial charge in [-0.15, -0.1) is 0 Å². The van der Waals surface area contributed by atoms with E-state index in [-0.39, 0.29) is 40.9 Å². The summed E-state index contributed by atoms with van der Waals surface area (Å²) in [5, 5.41) is 6.27. The van der Waals surface area contributed by atoms with Gasteiger partial charge in [-0.25, -0.2) is 14.4 Å². The van der Waals surface area contributed by atoms with Crippen LogP contribution in [-0.2, 0) is 16.1 Å². The van der Waals surface area contributed by atoms with Crippen LogP contribution in [0.15, 0.2) is 30.5 Å². The highest BCUT2D eigenvalue weighted by Crippen LogP contribution is 2.34.